The summed E-state index contributed by atoms with van der Waals surface area (Å²) in [5, 5.41) is 3.39. The zero-order valence-electron chi connectivity index (χ0n) is 12.1. The van der Waals surface area contributed by atoms with Crippen LogP contribution in [0.15, 0.2) is 42.6 Å². The first-order valence-electron chi connectivity index (χ1n) is 7.41. The Kier molecular flexibility index (Phi) is 4.31. The van der Waals surface area contributed by atoms with E-state index in [1.54, 1.807) is 12.3 Å². The van der Waals surface area contributed by atoms with Crippen LogP contribution in [0.4, 0.5) is 11.8 Å². The predicted molar refractivity (Wildman–Crippen MR) is 84.8 cm³/mol. The second-order valence-corrected chi connectivity index (χ2v) is 5.51. The van der Waals surface area contributed by atoms with Crippen LogP contribution in [0.1, 0.15) is 18.4 Å². The number of rotatable bonds is 4. The molecule has 5 heteroatoms. The maximum absolute atomic E-state index is 5.69. The third kappa shape index (κ3) is 3.92. The molecule has 0 spiro atoms. The van der Waals surface area contributed by atoms with Gasteiger partial charge in [0.25, 0.3) is 0 Å². The van der Waals surface area contributed by atoms with Crippen molar-refractivity contribution in [1.29, 1.82) is 0 Å². The molecular formula is C16H21N5. The highest BCUT2D eigenvalue weighted by atomic mass is 15.2. The number of hydrogen-bond donors (Lipinski definition) is 2. The molecule has 1 aliphatic heterocycles. The second-order valence-electron chi connectivity index (χ2n) is 5.51. The zero-order valence-corrected chi connectivity index (χ0v) is 12.1. The topological polar surface area (TPSA) is 67.1 Å². The van der Waals surface area contributed by atoms with Crippen molar-refractivity contribution in [2.75, 3.05) is 24.1 Å². The number of nitrogens with two attached hydrogens (primary N) is 1. The van der Waals surface area contributed by atoms with Crippen molar-refractivity contribution in [1.82, 2.24) is 14.9 Å². The van der Waals surface area contributed by atoms with Gasteiger partial charge in [0.15, 0.2) is 0 Å². The van der Waals surface area contributed by atoms with Gasteiger partial charge in [-0.15, -0.1) is 0 Å². The number of benzene rings is 1. The summed E-state index contributed by atoms with van der Waals surface area (Å²) in [6.45, 7) is 3.15. The fourth-order valence-electron chi connectivity index (χ4n) is 2.78. The van der Waals surface area contributed by atoms with Crippen LogP contribution < -0.4 is 11.1 Å². The molecule has 1 aromatic heterocycles. The lowest BCUT2D eigenvalue weighted by atomic mass is 10.0. The highest BCUT2D eigenvalue weighted by molar-refractivity contribution is 5.35. The van der Waals surface area contributed by atoms with E-state index in [4.69, 9.17) is 5.73 Å². The third-order valence-corrected chi connectivity index (χ3v) is 3.76. The predicted octanol–water partition coefficient (Wildman–Crippen LogP) is 2.14. The molecule has 1 atom stereocenters. The van der Waals surface area contributed by atoms with E-state index < -0.39 is 0 Å². The van der Waals surface area contributed by atoms with E-state index in [2.05, 4.69) is 50.5 Å². The Hall–Kier alpha value is -2.14. The van der Waals surface area contributed by atoms with Crippen LogP contribution in [0.2, 0.25) is 0 Å². The summed E-state index contributed by atoms with van der Waals surface area (Å²) >= 11 is 0. The van der Waals surface area contributed by atoms with Gasteiger partial charge in [0.2, 0.25) is 5.95 Å². The van der Waals surface area contributed by atoms with Gasteiger partial charge in [-0.1, -0.05) is 30.3 Å². The molecule has 1 unspecified atom stereocenters. The lowest BCUT2D eigenvalue weighted by Crippen LogP contribution is -2.41. The van der Waals surface area contributed by atoms with E-state index in [0.717, 1.165) is 26.1 Å². The Bertz CT molecular complexity index is 572. The van der Waals surface area contributed by atoms with Crippen molar-refractivity contribution in [3.05, 3.63) is 48.2 Å². The molecule has 2 heterocycles. The van der Waals surface area contributed by atoms with E-state index >= 15 is 0 Å². The molecule has 1 saturated heterocycles. The van der Waals surface area contributed by atoms with Gasteiger partial charge in [0.05, 0.1) is 0 Å². The number of nitrogens with zero attached hydrogens (tertiary/aromatic N) is 3. The average molecular weight is 283 g/mol. The van der Waals surface area contributed by atoms with Crippen LogP contribution in [-0.2, 0) is 6.54 Å². The molecule has 1 aromatic carbocycles. The number of aromatic nitrogens is 2. The minimum atomic E-state index is 0.379. The van der Waals surface area contributed by atoms with E-state index in [9.17, 15) is 0 Å². The third-order valence-electron chi connectivity index (χ3n) is 3.76. The molecule has 0 saturated carbocycles. The van der Waals surface area contributed by atoms with Gasteiger partial charge in [-0.05, 0) is 31.0 Å². The van der Waals surface area contributed by atoms with Gasteiger partial charge in [0, 0.05) is 25.3 Å². The summed E-state index contributed by atoms with van der Waals surface area (Å²) in [7, 11) is 0. The zero-order chi connectivity index (χ0) is 14.5. The largest absolute Gasteiger partial charge is 0.384 e. The maximum Gasteiger partial charge on any atom is 0.224 e. The highest BCUT2D eigenvalue weighted by Gasteiger charge is 2.20. The van der Waals surface area contributed by atoms with E-state index in [1.807, 2.05) is 0 Å². The summed E-state index contributed by atoms with van der Waals surface area (Å²) in [5.74, 6) is 1.13. The van der Waals surface area contributed by atoms with E-state index in [0.29, 0.717) is 17.8 Å². The first kappa shape index (κ1) is 13.8. The Balaban J connectivity index is 1.58. The molecule has 5 nitrogen and oxygen atoms in total. The summed E-state index contributed by atoms with van der Waals surface area (Å²) < 4.78 is 0. The SMILES string of the molecule is Nc1ccnc(NC2CCCN(Cc3ccccc3)C2)n1. The monoisotopic (exact) mass is 283 g/mol. The molecule has 2 aromatic rings. The Morgan fingerprint density at radius 1 is 1.24 bits per heavy atom. The maximum atomic E-state index is 5.69. The Morgan fingerprint density at radius 3 is 2.90 bits per heavy atom. The van der Waals surface area contributed by atoms with Gasteiger partial charge in [-0.3, -0.25) is 4.90 Å². The second kappa shape index (κ2) is 6.54. The van der Waals surface area contributed by atoms with Crippen molar-refractivity contribution in [3.63, 3.8) is 0 Å². The molecule has 0 radical (unpaired) electrons. The number of nitrogens with one attached hydrogen (secondary N) is 1. The number of piperidine rings is 1. The molecule has 3 rings (SSSR count). The van der Waals surface area contributed by atoms with Crippen molar-refractivity contribution in [3.8, 4) is 0 Å². The van der Waals surface area contributed by atoms with Crippen LogP contribution in [-0.4, -0.2) is 34.0 Å². The van der Waals surface area contributed by atoms with Gasteiger partial charge in [-0.2, -0.15) is 4.98 Å². The Labute approximate surface area is 125 Å². The van der Waals surface area contributed by atoms with E-state index in [-0.39, 0.29) is 0 Å². The smallest absolute Gasteiger partial charge is 0.224 e. The quantitative estimate of drug-likeness (QED) is 0.900. The molecule has 3 N–H and O–H groups in total. The van der Waals surface area contributed by atoms with Crippen molar-refractivity contribution >= 4 is 11.8 Å². The summed E-state index contributed by atoms with van der Waals surface area (Å²) in [6, 6.07) is 12.7. The first-order valence-corrected chi connectivity index (χ1v) is 7.41. The lowest BCUT2D eigenvalue weighted by molar-refractivity contribution is 0.208. The minimum Gasteiger partial charge on any atom is -0.384 e. The molecule has 1 aliphatic rings. The van der Waals surface area contributed by atoms with Gasteiger partial charge >= 0.3 is 0 Å². The first-order chi connectivity index (χ1) is 10.3. The fraction of sp³-hybridized carbons (Fsp3) is 0.375. The molecule has 0 bridgehead atoms. The highest BCUT2D eigenvalue weighted by Crippen LogP contribution is 2.16. The van der Waals surface area contributed by atoms with Gasteiger partial charge < -0.3 is 11.1 Å². The van der Waals surface area contributed by atoms with Gasteiger partial charge in [0.1, 0.15) is 5.82 Å². The molecular weight excluding hydrogens is 262 g/mol. The molecule has 0 amide bonds. The molecule has 1 fully saturated rings. The average Bonchev–Trinajstić information content (AvgIpc) is 2.49. The summed E-state index contributed by atoms with van der Waals surface area (Å²) in [4.78, 5) is 10.9. The molecule has 110 valence electrons. The summed E-state index contributed by atoms with van der Waals surface area (Å²) in [6.07, 6.45) is 4.02. The van der Waals surface area contributed by atoms with Crippen LogP contribution in [0, 0.1) is 0 Å². The van der Waals surface area contributed by atoms with Crippen LogP contribution in [0.3, 0.4) is 0 Å². The lowest BCUT2D eigenvalue weighted by Gasteiger charge is -2.33. The van der Waals surface area contributed by atoms with Gasteiger partial charge in [-0.25, -0.2) is 4.98 Å². The Morgan fingerprint density at radius 2 is 2.10 bits per heavy atom. The van der Waals surface area contributed by atoms with E-state index in [1.165, 1.54) is 12.0 Å². The number of likely N-dealkylation sites (tertiary alicyclic amines) is 1. The van der Waals surface area contributed by atoms with Crippen molar-refractivity contribution in [2.45, 2.75) is 25.4 Å². The fourth-order valence-corrected chi connectivity index (χ4v) is 2.78. The van der Waals surface area contributed by atoms with Crippen LogP contribution >= 0.6 is 0 Å². The van der Waals surface area contributed by atoms with Crippen LogP contribution in [0.5, 0.6) is 0 Å². The normalized spacial score (nSPS) is 19.3. The summed E-state index contributed by atoms with van der Waals surface area (Å²) in [5.41, 5.74) is 7.05. The number of hydrogen-bond acceptors (Lipinski definition) is 5. The van der Waals surface area contributed by atoms with Crippen molar-refractivity contribution < 1.29 is 0 Å². The number of anilines is 2. The van der Waals surface area contributed by atoms with Crippen molar-refractivity contribution in [2.24, 2.45) is 0 Å². The number of nitrogen functional groups attached to an aromatic ring is 1. The standard InChI is InChI=1S/C16H21N5/c17-15-8-9-18-16(20-15)19-14-7-4-10-21(12-14)11-13-5-2-1-3-6-13/h1-3,5-6,8-9,14H,4,7,10-12H2,(H3,17,18,19,20). The molecule has 0 aliphatic carbocycles. The minimum absolute atomic E-state index is 0.379. The van der Waals surface area contributed by atoms with Crippen LogP contribution in [0.25, 0.3) is 0 Å². The molecule has 21 heavy (non-hydrogen) atoms.